The molecule has 0 aromatic rings. The number of carboxylic acids is 1. The number of carboxylic acid groups (broad SMARTS) is 1. The van der Waals surface area contributed by atoms with Gasteiger partial charge in [-0.2, -0.15) is 18.7 Å². The lowest BCUT2D eigenvalue weighted by Crippen LogP contribution is -2.38. The highest BCUT2D eigenvalue weighted by atomic mass is 19.4. The van der Waals surface area contributed by atoms with Gasteiger partial charge >= 0.3 is 12.1 Å². The van der Waals surface area contributed by atoms with Crippen molar-refractivity contribution < 1.29 is 27.9 Å². The number of hydroxylamine groups is 1. The van der Waals surface area contributed by atoms with E-state index in [4.69, 9.17) is 5.11 Å². The zero-order valence-corrected chi connectivity index (χ0v) is 7.76. The molecule has 0 fully saturated rings. The fourth-order valence-electron chi connectivity index (χ4n) is 0.571. The highest BCUT2D eigenvalue weighted by Gasteiger charge is 2.28. The van der Waals surface area contributed by atoms with E-state index < -0.39 is 30.7 Å². The molecular formula is C7H12F3NO3. The summed E-state index contributed by atoms with van der Waals surface area (Å²) in [6.07, 6.45) is -4.42. The van der Waals surface area contributed by atoms with Crippen molar-refractivity contribution in [3.05, 3.63) is 0 Å². The lowest BCUT2D eigenvalue weighted by Gasteiger charge is -2.17. The van der Waals surface area contributed by atoms with Crippen molar-refractivity contribution >= 4 is 5.97 Å². The Hall–Kier alpha value is -0.820. The van der Waals surface area contributed by atoms with Crippen LogP contribution in [-0.4, -0.2) is 29.9 Å². The van der Waals surface area contributed by atoms with E-state index in [-0.39, 0.29) is 0 Å². The second-order valence-corrected chi connectivity index (χ2v) is 2.94. The van der Waals surface area contributed by atoms with Gasteiger partial charge in [0.25, 0.3) is 0 Å². The standard InChI is InChI=1S/C7H12F3NO3/c1-4(6(12)13)5(2)11-14-3-7(8,9)10/h4-5,11H,3H2,1-2H3,(H,12,13). The average Bonchev–Trinajstić information content (AvgIpc) is 2.00. The minimum atomic E-state index is -4.42. The third-order valence-electron chi connectivity index (χ3n) is 1.64. The molecule has 0 aliphatic rings. The molecule has 0 spiro atoms. The SMILES string of the molecule is CC(NOCC(F)(F)F)C(C)C(=O)O. The number of alkyl halides is 3. The maximum atomic E-state index is 11.6. The number of nitrogens with one attached hydrogen (secondary N) is 1. The molecule has 0 aliphatic carbocycles. The number of carbonyl (C=O) groups is 1. The fraction of sp³-hybridized carbons (Fsp3) is 0.857. The Morgan fingerprint density at radius 1 is 1.50 bits per heavy atom. The van der Waals surface area contributed by atoms with Crippen molar-refractivity contribution in [1.82, 2.24) is 5.48 Å². The van der Waals surface area contributed by atoms with Gasteiger partial charge in [0.05, 0.1) is 5.92 Å². The Morgan fingerprint density at radius 3 is 2.36 bits per heavy atom. The topological polar surface area (TPSA) is 58.6 Å². The van der Waals surface area contributed by atoms with Crippen molar-refractivity contribution in [1.29, 1.82) is 0 Å². The quantitative estimate of drug-likeness (QED) is 0.676. The number of rotatable bonds is 5. The summed E-state index contributed by atoms with van der Waals surface area (Å²) in [5, 5.41) is 8.49. The first-order valence-corrected chi connectivity index (χ1v) is 3.91. The van der Waals surface area contributed by atoms with Crippen molar-refractivity contribution in [3.63, 3.8) is 0 Å². The van der Waals surface area contributed by atoms with Gasteiger partial charge in [0.15, 0.2) is 6.61 Å². The van der Waals surface area contributed by atoms with Gasteiger partial charge in [0, 0.05) is 6.04 Å². The van der Waals surface area contributed by atoms with E-state index in [9.17, 15) is 18.0 Å². The largest absolute Gasteiger partial charge is 0.481 e. The molecule has 0 rings (SSSR count). The van der Waals surface area contributed by atoms with Crippen LogP contribution in [0.1, 0.15) is 13.8 Å². The molecule has 2 unspecified atom stereocenters. The Labute approximate surface area is 79.0 Å². The van der Waals surface area contributed by atoms with Gasteiger partial charge in [-0.1, -0.05) is 6.92 Å². The Kier molecular flexibility index (Phi) is 4.86. The molecule has 84 valence electrons. The van der Waals surface area contributed by atoms with Gasteiger partial charge in [-0.15, -0.1) is 0 Å². The normalized spacial score (nSPS) is 16.4. The van der Waals surface area contributed by atoms with E-state index in [1.807, 2.05) is 5.48 Å². The summed E-state index contributed by atoms with van der Waals surface area (Å²) in [5.41, 5.74) is 2.02. The molecule has 2 atom stereocenters. The third-order valence-corrected chi connectivity index (χ3v) is 1.64. The van der Waals surface area contributed by atoms with Gasteiger partial charge < -0.3 is 5.11 Å². The molecule has 0 aromatic heterocycles. The van der Waals surface area contributed by atoms with Crippen LogP contribution < -0.4 is 5.48 Å². The van der Waals surface area contributed by atoms with Crippen molar-refractivity contribution in [2.75, 3.05) is 6.61 Å². The van der Waals surface area contributed by atoms with E-state index in [0.717, 1.165) is 0 Å². The summed E-state index contributed by atoms with van der Waals surface area (Å²) in [4.78, 5) is 14.5. The summed E-state index contributed by atoms with van der Waals surface area (Å²) >= 11 is 0. The molecular weight excluding hydrogens is 203 g/mol. The summed E-state index contributed by atoms with van der Waals surface area (Å²) in [6.45, 7) is 1.36. The molecule has 0 amide bonds. The molecule has 0 aromatic carbocycles. The Morgan fingerprint density at radius 2 is 2.00 bits per heavy atom. The molecule has 0 saturated carbocycles. The van der Waals surface area contributed by atoms with Crippen molar-refractivity contribution in [2.24, 2.45) is 5.92 Å². The monoisotopic (exact) mass is 215 g/mol. The molecule has 2 N–H and O–H groups in total. The second-order valence-electron chi connectivity index (χ2n) is 2.94. The molecule has 0 bridgehead atoms. The molecule has 0 saturated heterocycles. The predicted molar refractivity (Wildman–Crippen MR) is 41.4 cm³/mol. The highest BCUT2D eigenvalue weighted by Crippen LogP contribution is 2.14. The first kappa shape index (κ1) is 13.2. The van der Waals surface area contributed by atoms with E-state index >= 15 is 0 Å². The van der Waals surface area contributed by atoms with E-state index in [1.165, 1.54) is 13.8 Å². The van der Waals surface area contributed by atoms with Gasteiger partial charge in [0.2, 0.25) is 0 Å². The lowest BCUT2D eigenvalue weighted by molar-refractivity contribution is -0.194. The molecule has 7 heteroatoms. The van der Waals surface area contributed by atoms with Gasteiger partial charge in [0.1, 0.15) is 0 Å². The van der Waals surface area contributed by atoms with E-state index in [2.05, 4.69) is 4.84 Å². The zero-order valence-electron chi connectivity index (χ0n) is 7.76. The summed E-state index contributed by atoms with van der Waals surface area (Å²) in [5.74, 6) is -1.91. The molecule has 0 radical (unpaired) electrons. The predicted octanol–water partition coefficient (Wildman–Crippen LogP) is 1.18. The number of halogens is 3. The summed E-state index contributed by atoms with van der Waals surface area (Å²) < 4.78 is 34.8. The lowest BCUT2D eigenvalue weighted by atomic mass is 10.1. The second kappa shape index (κ2) is 5.16. The number of aliphatic carboxylic acids is 1. The van der Waals surface area contributed by atoms with Gasteiger partial charge in [-0.3, -0.25) is 9.63 Å². The van der Waals surface area contributed by atoms with Gasteiger partial charge in [-0.05, 0) is 6.92 Å². The highest BCUT2D eigenvalue weighted by molar-refractivity contribution is 5.70. The molecule has 0 heterocycles. The zero-order chi connectivity index (χ0) is 11.4. The first-order chi connectivity index (χ1) is 6.24. The average molecular weight is 215 g/mol. The van der Waals surface area contributed by atoms with Crippen molar-refractivity contribution in [2.45, 2.75) is 26.1 Å². The Bertz CT molecular complexity index is 195. The minimum absolute atomic E-state index is 0.685. The molecule has 4 nitrogen and oxygen atoms in total. The van der Waals surface area contributed by atoms with Crippen molar-refractivity contribution in [3.8, 4) is 0 Å². The maximum absolute atomic E-state index is 11.6. The van der Waals surface area contributed by atoms with E-state index in [1.54, 1.807) is 0 Å². The Balaban J connectivity index is 3.75. The summed E-state index contributed by atoms with van der Waals surface area (Å²) in [7, 11) is 0. The third kappa shape index (κ3) is 5.76. The smallest absolute Gasteiger partial charge is 0.413 e. The number of hydrogen-bond donors (Lipinski definition) is 2. The van der Waals surface area contributed by atoms with Crippen LogP contribution in [-0.2, 0) is 9.63 Å². The van der Waals surface area contributed by atoms with Crippen LogP contribution in [0.15, 0.2) is 0 Å². The number of hydrogen-bond acceptors (Lipinski definition) is 3. The maximum Gasteiger partial charge on any atom is 0.413 e. The molecule has 14 heavy (non-hydrogen) atoms. The van der Waals surface area contributed by atoms with Crippen LogP contribution in [0.4, 0.5) is 13.2 Å². The van der Waals surface area contributed by atoms with Crippen LogP contribution in [0.2, 0.25) is 0 Å². The first-order valence-electron chi connectivity index (χ1n) is 3.91. The minimum Gasteiger partial charge on any atom is -0.481 e. The van der Waals surface area contributed by atoms with E-state index in [0.29, 0.717) is 0 Å². The van der Waals surface area contributed by atoms with Crippen LogP contribution in [0.3, 0.4) is 0 Å². The fourth-order valence-corrected chi connectivity index (χ4v) is 0.571. The van der Waals surface area contributed by atoms with Gasteiger partial charge in [-0.25, -0.2) is 0 Å². The van der Waals surface area contributed by atoms with Crippen LogP contribution >= 0.6 is 0 Å². The van der Waals surface area contributed by atoms with Crippen LogP contribution in [0, 0.1) is 5.92 Å². The van der Waals surface area contributed by atoms with Crippen LogP contribution in [0.5, 0.6) is 0 Å². The summed E-state index contributed by atoms with van der Waals surface area (Å²) in [6, 6.07) is -0.685. The van der Waals surface area contributed by atoms with Crippen LogP contribution in [0.25, 0.3) is 0 Å². The molecule has 0 aliphatic heterocycles.